The number of rotatable bonds is 5. The van der Waals surface area contributed by atoms with E-state index in [9.17, 15) is 8.42 Å². The normalized spacial score (nSPS) is 20.8. The summed E-state index contributed by atoms with van der Waals surface area (Å²) in [6, 6.07) is 0. The van der Waals surface area contributed by atoms with Gasteiger partial charge in [-0.15, -0.1) is 0 Å². The summed E-state index contributed by atoms with van der Waals surface area (Å²) in [5, 5.41) is 0.0355. The van der Waals surface area contributed by atoms with Crippen molar-refractivity contribution in [3.05, 3.63) is 17.7 Å². The van der Waals surface area contributed by atoms with Gasteiger partial charge in [-0.3, -0.25) is 0 Å². The summed E-state index contributed by atoms with van der Waals surface area (Å²) in [4.78, 5) is 9.71. The van der Waals surface area contributed by atoms with Gasteiger partial charge in [0.05, 0.1) is 12.4 Å². The Morgan fingerprint density at radius 1 is 1.47 bits per heavy atom. The van der Waals surface area contributed by atoms with Crippen LogP contribution in [0.25, 0.3) is 0 Å². The standard InChI is InChI=1S/C11H17ClN4O2S/c1-2-16-4-3-9(8-16)5-15-19(17,18)10-6-13-11(12)14-7-10/h6-7,9,15H,2-5,8H2,1H3. The molecule has 2 rings (SSSR count). The molecule has 106 valence electrons. The zero-order chi connectivity index (χ0) is 13.9. The Bertz CT molecular complexity index is 520. The summed E-state index contributed by atoms with van der Waals surface area (Å²) in [6.45, 7) is 5.54. The smallest absolute Gasteiger partial charge is 0.243 e. The fraction of sp³-hybridized carbons (Fsp3) is 0.636. The molecule has 1 aromatic rings. The summed E-state index contributed by atoms with van der Waals surface area (Å²) in [6.07, 6.45) is 3.45. The zero-order valence-corrected chi connectivity index (χ0v) is 12.3. The minimum atomic E-state index is -3.54. The van der Waals surface area contributed by atoms with Gasteiger partial charge >= 0.3 is 0 Å². The topological polar surface area (TPSA) is 75.2 Å². The average molecular weight is 305 g/mol. The number of likely N-dealkylation sites (tertiary alicyclic amines) is 1. The largest absolute Gasteiger partial charge is 0.303 e. The Hall–Kier alpha value is -0.760. The van der Waals surface area contributed by atoms with E-state index in [-0.39, 0.29) is 10.2 Å². The van der Waals surface area contributed by atoms with E-state index in [2.05, 4.69) is 26.5 Å². The van der Waals surface area contributed by atoms with Crippen molar-refractivity contribution in [2.75, 3.05) is 26.2 Å². The number of nitrogens with one attached hydrogen (secondary N) is 1. The van der Waals surface area contributed by atoms with Gasteiger partial charge < -0.3 is 4.90 Å². The van der Waals surface area contributed by atoms with Crippen molar-refractivity contribution in [3.63, 3.8) is 0 Å². The van der Waals surface area contributed by atoms with Crippen molar-refractivity contribution in [1.82, 2.24) is 19.6 Å². The van der Waals surface area contributed by atoms with Crippen LogP contribution in [0.3, 0.4) is 0 Å². The lowest BCUT2D eigenvalue weighted by molar-refractivity contribution is 0.342. The molecule has 0 amide bonds. The van der Waals surface area contributed by atoms with Crippen molar-refractivity contribution in [2.45, 2.75) is 18.2 Å². The molecule has 0 aliphatic carbocycles. The predicted molar refractivity (Wildman–Crippen MR) is 72.5 cm³/mol. The van der Waals surface area contributed by atoms with Gasteiger partial charge in [0.1, 0.15) is 4.90 Å². The third-order valence-corrected chi connectivity index (χ3v) is 4.86. The van der Waals surface area contributed by atoms with Gasteiger partial charge in [0.2, 0.25) is 15.3 Å². The fourth-order valence-electron chi connectivity index (χ4n) is 2.12. The summed E-state index contributed by atoms with van der Waals surface area (Å²) >= 11 is 5.53. The van der Waals surface area contributed by atoms with Crippen LogP contribution < -0.4 is 4.72 Å². The number of sulfonamides is 1. The van der Waals surface area contributed by atoms with E-state index in [0.29, 0.717) is 12.5 Å². The van der Waals surface area contributed by atoms with Crippen LogP contribution in [0.2, 0.25) is 5.28 Å². The van der Waals surface area contributed by atoms with E-state index in [0.717, 1.165) is 26.1 Å². The maximum atomic E-state index is 12.0. The number of halogens is 1. The molecule has 0 spiro atoms. The van der Waals surface area contributed by atoms with Gasteiger partial charge in [-0.05, 0) is 37.0 Å². The van der Waals surface area contributed by atoms with Gasteiger partial charge in [-0.1, -0.05) is 6.92 Å². The lowest BCUT2D eigenvalue weighted by Crippen LogP contribution is -2.31. The first-order valence-electron chi connectivity index (χ1n) is 6.21. The van der Waals surface area contributed by atoms with Crippen LogP contribution in [0, 0.1) is 5.92 Å². The highest BCUT2D eigenvalue weighted by Gasteiger charge is 2.23. The van der Waals surface area contributed by atoms with Crippen molar-refractivity contribution < 1.29 is 8.42 Å². The second kappa shape index (κ2) is 6.13. The molecule has 8 heteroatoms. The van der Waals surface area contributed by atoms with E-state index in [1.807, 2.05) is 0 Å². The molecule has 19 heavy (non-hydrogen) atoms. The molecule has 1 atom stereocenters. The number of hydrogen-bond donors (Lipinski definition) is 1. The van der Waals surface area contributed by atoms with Crippen LogP contribution >= 0.6 is 11.6 Å². The Labute approximate surface area is 118 Å². The first-order chi connectivity index (χ1) is 9.01. The number of aromatic nitrogens is 2. The van der Waals surface area contributed by atoms with Crippen LogP contribution in [0.1, 0.15) is 13.3 Å². The van der Waals surface area contributed by atoms with Gasteiger partial charge in [0, 0.05) is 13.1 Å². The van der Waals surface area contributed by atoms with E-state index in [1.54, 1.807) is 0 Å². The molecule has 1 aliphatic rings. The maximum Gasteiger partial charge on any atom is 0.243 e. The minimum absolute atomic E-state index is 0.0355. The van der Waals surface area contributed by atoms with Gasteiger partial charge in [-0.2, -0.15) is 0 Å². The van der Waals surface area contributed by atoms with Gasteiger partial charge in [-0.25, -0.2) is 23.1 Å². The Kier molecular flexibility index (Phi) is 4.72. The van der Waals surface area contributed by atoms with Crippen LogP contribution in [0.15, 0.2) is 17.3 Å². The lowest BCUT2D eigenvalue weighted by atomic mass is 10.1. The molecule has 1 aliphatic heterocycles. The molecule has 1 unspecified atom stereocenters. The van der Waals surface area contributed by atoms with E-state index in [1.165, 1.54) is 12.4 Å². The molecule has 1 N–H and O–H groups in total. The van der Waals surface area contributed by atoms with Crippen LogP contribution in [-0.2, 0) is 10.0 Å². The maximum absolute atomic E-state index is 12.0. The van der Waals surface area contributed by atoms with Crippen LogP contribution in [0.5, 0.6) is 0 Å². The van der Waals surface area contributed by atoms with Crippen molar-refractivity contribution >= 4 is 21.6 Å². The van der Waals surface area contributed by atoms with Crippen molar-refractivity contribution in [2.24, 2.45) is 5.92 Å². The first kappa shape index (κ1) is 14.6. The number of nitrogens with zero attached hydrogens (tertiary/aromatic N) is 3. The first-order valence-corrected chi connectivity index (χ1v) is 8.07. The van der Waals surface area contributed by atoms with Crippen molar-refractivity contribution in [1.29, 1.82) is 0 Å². The monoisotopic (exact) mass is 304 g/mol. The highest BCUT2D eigenvalue weighted by molar-refractivity contribution is 7.89. The quantitative estimate of drug-likeness (QED) is 0.813. The third kappa shape index (κ3) is 3.85. The van der Waals surface area contributed by atoms with Crippen molar-refractivity contribution in [3.8, 4) is 0 Å². The molecule has 6 nitrogen and oxygen atoms in total. The highest BCUT2D eigenvalue weighted by atomic mass is 35.5. The second-order valence-corrected chi connectivity index (χ2v) is 6.69. The second-order valence-electron chi connectivity index (χ2n) is 4.59. The average Bonchev–Trinajstić information content (AvgIpc) is 2.85. The Balaban J connectivity index is 1.93. The van der Waals surface area contributed by atoms with Gasteiger partial charge in [0.25, 0.3) is 0 Å². The third-order valence-electron chi connectivity index (χ3n) is 3.29. The summed E-state index contributed by atoms with van der Waals surface area (Å²) in [5.74, 6) is 0.364. The van der Waals surface area contributed by atoms with Crippen LogP contribution in [0.4, 0.5) is 0 Å². The Morgan fingerprint density at radius 3 is 2.74 bits per heavy atom. The molecule has 0 radical (unpaired) electrons. The lowest BCUT2D eigenvalue weighted by Gasteiger charge is -2.13. The van der Waals surface area contributed by atoms with E-state index in [4.69, 9.17) is 11.6 Å². The zero-order valence-electron chi connectivity index (χ0n) is 10.7. The van der Waals surface area contributed by atoms with Crippen LogP contribution in [-0.4, -0.2) is 49.5 Å². The highest BCUT2D eigenvalue weighted by Crippen LogP contribution is 2.16. The van der Waals surface area contributed by atoms with E-state index >= 15 is 0 Å². The fourth-order valence-corrected chi connectivity index (χ4v) is 3.22. The molecule has 0 saturated carbocycles. The summed E-state index contributed by atoms with van der Waals surface area (Å²) < 4.78 is 26.6. The molecule has 0 aromatic carbocycles. The summed E-state index contributed by atoms with van der Waals surface area (Å²) in [7, 11) is -3.54. The summed E-state index contributed by atoms with van der Waals surface area (Å²) in [5.41, 5.74) is 0. The molecular formula is C11H17ClN4O2S. The Morgan fingerprint density at radius 2 is 2.16 bits per heavy atom. The molecule has 1 fully saturated rings. The SMILES string of the molecule is CCN1CCC(CNS(=O)(=O)c2cnc(Cl)nc2)C1. The molecule has 1 saturated heterocycles. The molecule has 0 bridgehead atoms. The minimum Gasteiger partial charge on any atom is -0.303 e. The van der Waals surface area contributed by atoms with E-state index < -0.39 is 10.0 Å². The predicted octanol–water partition coefficient (Wildman–Crippen LogP) is 0.750. The molecule has 2 heterocycles. The molecule has 1 aromatic heterocycles. The van der Waals surface area contributed by atoms with Gasteiger partial charge in [0.15, 0.2) is 0 Å². The molecular weight excluding hydrogens is 288 g/mol. The number of hydrogen-bond acceptors (Lipinski definition) is 5.